The molecular weight excluding hydrogens is 300 g/mol. The van der Waals surface area contributed by atoms with E-state index in [1.165, 1.54) is 0 Å². The molecule has 13 heavy (non-hydrogen) atoms. The molecule has 1 amide bonds. The van der Waals surface area contributed by atoms with Crippen molar-refractivity contribution >= 4 is 44.7 Å². The molecule has 2 heterocycles. The van der Waals surface area contributed by atoms with Gasteiger partial charge in [0.25, 0.3) is 0 Å². The number of amidine groups is 1. The fourth-order valence-corrected chi connectivity index (χ4v) is 1.57. The van der Waals surface area contributed by atoms with Gasteiger partial charge in [0.2, 0.25) is 5.91 Å². The summed E-state index contributed by atoms with van der Waals surface area (Å²) in [6.07, 6.45) is 6.16. The molecule has 0 fully saturated rings. The number of carbonyl (C=O) groups excluding carboxylic acids is 1. The van der Waals surface area contributed by atoms with E-state index in [2.05, 4.69) is 20.9 Å². The molecule has 0 spiro atoms. The van der Waals surface area contributed by atoms with Crippen LogP contribution in [0.15, 0.2) is 27.8 Å². The molecule has 0 saturated carbocycles. The van der Waals surface area contributed by atoms with Gasteiger partial charge in [0.15, 0.2) is 0 Å². The Balaban J connectivity index is 0.000000845. The summed E-state index contributed by atoms with van der Waals surface area (Å²) in [4.78, 5) is 16.8. The number of amides is 1. The zero-order chi connectivity index (χ0) is 8.55. The highest BCUT2D eigenvalue weighted by Crippen LogP contribution is 2.17. The van der Waals surface area contributed by atoms with E-state index in [1.807, 2.05) is 23.3 Å². The van der Waals surface area contributed by atoms with Crippen LogP contribution in [0.5, 0.6) is 0 Å². The SMILES string of the molecule is Br.O=C1CCN2C=C(Br)C=CC2=N1. The van der Waals surface area contributed by atoms with Crippen molar-refractivity contribution in [2.75, 3.05) is 6.54 Å². The Kier molecular flexibility index (Phi) is 3.44. The van der Waals surface area contributed by atoms with Crippen LogP contribution < -0.4 is 0 Å². The van der Waals surface area contributed by atoms with E-state index in [9.17, 15) is 4.79 Å². The number of nitrogens with zero attached hydrogens (tertiary/aromatic N) is 2. The van der Waals surface area contributed by atoms with E-state index in [0.717, 1.165) is 16.9 Å². The molecule has 0 bridgehead atoms. The van der Waals surface area contributed by atoms with Crippen molar-refractivity contribution in [2.45, 2.75) is 6.42 Å². The number of aliphatic imine (C=N–C) groups is 1. The fraction of sp³-hybridized carbons (Fsp3) is 0.250. The van der Waals surface area contributed by atoms with Crippen LogP contribution >= 0.6 is 32.9 Å². The molecular formula is C8H8Br2N2O. The molecule has 0 aliphatic carbocycles. The summed E-state index contributed by atoms with van der Waals surface area (Å²) in [5.74, 6) is 0.715. The van der Waals surface area contributed by atoms with Crippen molar-refractivity contribution in [1.82, 2.24) is 4.90 Å². The van der Waals surface area contributed by atoms with Crippen molar-refractivity contribution in [3.63, 3.8) is 0 Å². The maximum absolute atomic E-state index is 10.9. The van der Waals surface area contributed by atoms with E-state index < -0.39 is 0 Å². The van der Waals surface area contributed by atoms with Crippen molar-refractivity contribution < 1.29 is 4.79 Å². The van der Waals surface area contributed by atoms with Gasteiger partial charge in [-0.1, -0.05) is 0 Å². The van der Waals surface area contributed by atoms with Crippen molar-refractivity contribution in [1.29, 1.82) is 0 Å². The fourth-order valence-electron chi connectivity index (χ4n) is 1.19. The largest absolute Gasteiger partial charge is 0.331 e. The van der Waals surface area contributed by atoms with Gasteiger partial charge < -0.3 is 4.90 Å². The minimum absolute atomic E-state index is 0. The van der Waals surface area contributed by atoms with E-state index in [0.29, 0.717) is 6.42 Å². The van der Waals surface area contributed by atoms with Crippen molar-refractivity contribution in [3.8, 4) is 0 Å². The van der Waals surface area contributed by atoms with Gasteiger partial charge in [-0.15, -0.1) is 17.0 Å². The number of hydrogen-bond acceptors (Lipinski definition) is 2. The molecule has 0 aromatic rings. The zero-order valence-corrected chi connectivity index (χ0v) is 10.0. The van der Waals surface area contributed by atoms with Gasteiger partial charge in [0, 0.05) is 23.6 Å². The smallest absolute Gasteiger partial charge is 0.249 e. The summed E-state index contributed by atoms with van der Waals surface area (Å²) >= 11 is 3.36. The molecule has 2 rings (SSSR count). The Labute approximate surface area is 95.1 Å². The van der Waals surface area contributed by atoms with Crippen molar-refractivity contribution in [3.05, 3.63) is 22.8 Å². The van der Waals surface area contributed by atoms with Crippen LogP contribution in [-0.4, -0.2) is 23.2 Å². The van der Waals surface area contributed by atoms with Crippen LogP contribution in [0.1, 0.15) is 6.42 Å². The highest BCUT2D eigenvalue weighted by Gasteiger charge is 2.18. The normalized spacial score (nSPS) is 20.1. The quantitative estimate of drug-likeness (QED) is 0.686. The molecule has 0 radical (unpaired) electrons. The van der Waals surface area contributed by atoms with Crippen LogP contribution in [0.4, 0.5) is 0 Å². The first-order chi connectivity index (χ1) is 5.75. The van der Waals surface area contributed by atoms with Crippen molar-refractivity contribution in [2.24, 2.45) is 4.99 Å². The number of hydrogen-bond donors (Lipinski definition) is 0. The number of fused-ring (bicyclic) bond motifs is 1. The van der Waals surface area contributed by atoms with Gasteiger partial charge in [-0.2, -0.15) is 4.99 Å². The van der Waals surface area contributed by atoms with E-state index in [-0.39, 0.29) is 22.9 Å². The first kappa shape index (κ1) is 10.7. The Bertz CT molecular complexity index is 320. The van der Waals surface area contributed by atoms with Gasteiger partial charge in [-0.25, -0.2) is 0 Å². The van der Waals surface area contributed by atoms with Gasteiger partial charge in [-0.3, -0.25) is 4.79 Å². The molecule has 3 nitrogen and oxygen atoms in total. The molecule has 5 heteroatoms. The minimum atomic E-state index is -0.0303. The number of rotatable bonds is 0. The molecule has 70 valence electrons. The summed E-state index contributed by atoms with van der Waals surface area (Å²) in [5.41, 5.74) is 0. The summed E-state index contributed by atoms with van der Waals surface area (Å²) in [5, 5.41) is 0. The molecule has 2 aliphatic heterocycles. The van der Waals surface area contributed by atoms with Crippen LogP contribution in [0.25, 0.3) is 0 Å². The van der Waals surface area contributed by atoms with E-state index in [4.69, 9.17) is 0 Å². The van der Waals surface area contributed by atoms with E-state index in [1.54, 1.807) is 0 Å². The third-order valence-corrected chi connectivity index (χ3v) is 2.24. The molecule has 0 N–H and O–H groups in total. The first-order valence-electron chi connectivity index (χ1n) is 3.69. The lowest BCUT2D eigenvalue weighted by molar-refractivity contribution is -0.118. The molecule has 0 atom stereocenters. The maximum Gasteiger partial charge on any atom is 0.249 e. The minimum Gasteiger partial charge on any atom is -0.331 e. The standard InChI is InChI=1S/C8H7BrN2O.BrH/c9-6-1-2-7-10-8(12)3-4-11(7)5-6;/h1-2,5H,3-4H2;1H. The first-order valence-corrected chi connectivity index (χ1v) is 4.48. The highest BCUT2D eigenvalue weighted by molar-refractivity contribution is 9.11. The number of allylic oxidation sites excluding steroid dienone is 2. The third-order valence-electron chi connectivity index (χ3n) is 1.77. The Morgan fingerprint density at radius 1 is 1.46 bits per heavy atom. The predicted octanol–water partition coefficient (Wildman–Crippen LogP) is 2.00. The van der Waals surface area contributed by atoms with Gasteiger partial charge >= 0.3 is 0 Å². The Hall–Kier alpha value is -0.420. The van der Waals surface area contributed by atoms with Gasteiger partial charge in [0.1, 0.15) is 5.84 Å². The number of halogens is 2. The van der Waals surface area contributed by atoms with E-state index >= 15 is 0 Å². The van der Waals surface area contributed by atoms with Crippen LogP contribution in [0, 0.1) is 0 Å². The van der Waals surface area contributed by atoms with Crippen LogP contribution in [0.2, 0.25) is 0 Å². The second-order valence-corrected chi connectivity index (χ2v) is 3.57. The maximum atomic E-state index is 10.9. The number of carbonyl (C=O) groups is 1. The lowest BCUT2D eigenvalue weighted by Crippen LogP contribution is -2.33. The summed E-state index contributed by atoms with van der Waals surface area (Å²) in [7, 11) is 0. The lowest BCUT2D eigenvalue weighted by Gasteiger charge is -2.25. The lowest BCUT2D eigenvalue weighted by atomic mass is 10.2. The molecule has 2 aliphatic rings. The third kappa shape index (κ3) is 2.28. The summed E-state index contributed by atoms with van der Waals surface area (Å²) in [6, 6.07) is 0. The second-order valence-electron chi connectivity index (χ2n) is 2.65. The van der Waals surface area contributed by atoms with Crippen LogP contribution in [0.3, 0.4) is 0 Å². The molecule has 0 saturated heterocycles. The molecule has 0 aromatic heterocycles. The monoisotopic (exact) mass is 306 g/mol. The van der Waals surface area contributed by atoms with Gasteiger partial charge in [0.05, 0.1) is 0 Å². The summed E-state index contributed by atoms with van der Waals surface area (Å²) in [6.45, 7) is 0.733. The zero-order valence-electron chi connectivity index (χ0n) is 6.74. The predicted molar refractivity (Wildman–Crippen MR) is 60.2 cm³/mol. The molecule has 0 unspecified atom stereocenters. The summed E-state index contributed by atoms with van der Waals surface area (Å²) < 4.78 is 1.01. The van der Waals surface area contributed by atoms with Crippen LogP contribution in [-0.2, 0) is 4.79 Å². The Morgan fingerprint density at radius 2 is 2.23 bits per heavy atom. The van der Waals surface area contributed by atoms with Gasteiger partial charge in [-0.05, 0) is 28.1 Å². The Morgan fingerprint density at radius 3 is 3.00 bits per heavy atom. The topological polar surface area (TPSA) is 32.7 Å². The highest BCUT2D eigenvalue weighted by atomic mass is 79.9. The molecule has 0 aromatic carbocycles. The average Bonchev–Trinajstić information content (AvgIpc) is 2.05. The second kappa shape index (κ2) is 4.19. The average molecular weight is 308 g/mol.